The van der Waals surface area contributed by atoms with Crippen molar-refractivity contribution in [3.8, 4) is 16.9 Å². The van der Waals surface area contributed by atoms with E-state index in [9.17, 15) is 5.11 Å². The summed E-state index contributed by atoms with van der Waals surface area (Å²) in [7, 11) is 0. The number of unbranched alkanes of at least 4 members (excludes halogenated alkanes) is 6. The van der Waals surface area contributed by atoms with Gasteiger partial charge in [0.05, 0.1) is 0 Å². The summed E-state index contributed by atoms with van der Waals surface area (Å²) in [5.74, 6) is 0.450. The predicted octanol–water partition coefficient (Wildman–Crippen LogP) is 8.32. The van der Waals surface area contributed by atoms with Crippen molar-refractivity contribution >= 4 is 0 Å². The number of nitrogens with zero attached hydrogens (tertiary/aromatic N) is 1. The summed E-state index contributed by atoms with van der Waals surface area (Å²) in [6, 6.07) is 14.7. The minimum atomic E-state index is 0.0407. The first-order chi connectivity index (χ1) is 14.9. The summed E-state index contributed by atoms with van der Waals surface area (Å²) >= 11 is 0. The van der Waals surface area contributed by atoms with Crippen molar-refractivity contribution in [1.82, 2.24) is 4.90 Å². The van der Waals surface area contributed by atoms with Gasteiger partial charge < -0.3 is 5.11 Å². The van der Waals surface area contributed by atoms with Crippen LogP contribution in [0.5, 0.6) is 5.75 Å². The lowest BCUT2D eigenvalue weighted by atomic mass is 9.83. The fraction of sp³-hybridized carbons (Fsp3) is 0.586. The molecule has 172 valence electrons. The maximum atomic E-state index is 11.3. The van der Waals surface area contributed by atoms with E-state index in [1.165, 1.54) is 56.9 Å². The molecule has 1 N–H and O–H groups in total. The van der Waals surface area contributed by atoms with Crippen LogP contribution < -0.4 is 0 Å². The molecule has 0 fully saturated rings. The second-order valence-corrected chi connectivity index (χ2v) is 10.0. The Kier molecular flexibility index (Phi) is 10.6. The van der Waals surface area contributed by atoms with E-state index < -0.39 is 0 Å². The Labute approximate surface area is 191 Å². The van der Waals surface area contributed by atoms with E-state index in [-0.39, 0.29) is 5.41 Å². The van der Waals surface area contributed by atoms with Crippen LogP contribution in [0.4, 0.5) is 0 Å². The smallest absolute Gasteiger partial charge is 0.127 e. The van der Waals surface area contributed by atoms with E-state index in [1.54, 1.807) is 0 Å². The Morgan fingerprint density at radius 3 is 1.87 bits per heavy atom. The quantitative estimate of drug-likeness (QED) is 0.327. The van der Waals surface area contributed by atoms with Crippen molar-refractivity contribution in [2.75, 3.05) is 13.1 Å². The summed E-state index contributed by atoms with van der Waals surface area (Å²) in [6.07, 6.45) is 10.2. The van der Waals surface area contributed by atoms with Gasteiger partial charge in [0.2, 0.25) is 0 Å². The van der Waals surface area contributed by atoms with Crippen LogP contribution in [0.15, 0.2) is 42.5 Å². The SMILES string of the molecule is CCCCCCN(CCCCCC)Cc1cc(C(C)(C)C)cc(-c2ccccc2)c1O. The maximum absolute atomic E-state index is 11.3. The zero-order chi connectivity index (χ0) is 22.7. The molecule has 0 aliphatic heterocycles. The number of hydrogen-bond donors (Lipinski definition) is 1. The number of phenolic OH excluding ortho intramolecular Hbond substituents is 1. The van der Waals surface area contributed by atoms with Crippen LogP contribution in [-0.2, 0) is 12.0 Å². The van der Waals surface area contributed by atoms with Gasteiger partial charge in [-0.25, -0.2) is 0 Å². The lowest BCUT2D eigenvalue weighted by molar-refractivity contribution is 0.249. The van der Waals surface area contributed by atoms with E-state index in [1.807, 2.05) is 18.2 Å². The van der Waals surface area contributed by atoms with Crippen LogP contribution in [0.3, 0.4) is 0 Å². The molecule has 0 amide bonds. The van der Waals surface area contributed by atoms with Gasteiger partial charge in [0.15, 0.2) is 0 Å². The van der Waals surface area contributed by atoms with Gasteiger partial charge in [0.25, 0.3) is 0 Å². The van der Waals surface area contributed by atoms with Gasteiger partial charge in [-0.3, -0.25) is 4.90 Å². The highest BCUT2D eigenvalue weighted by Crippen LogP contribution is 2.37. The van der Waals surface area contributed by atoms with Crippen molar-refractivity contribution in [2.24, 2.45) is 0 Å². The van der Waals surface area contributed by atoms with Crippen LogP contribution in [0, 0.1) is 0 Å². The molecule has 2 aromatic rings. The molecule has 0 aliphatic carbocycles. The van der Waals surface area contributed by atoms with E-state index in [0.29, 0.717) is 5.75 Å². The predicted molar refractivity (Wildman–Crippen MR) is 136 cm³/mol. The topological polar surface area (TPSA) is 23.5 Å². The number of aromatic hydroxyl groups is 1. The fourth-order valence-corrected chi connectivity index (χ4v) is 4.12. The Morgan fingerprint density at radius 2 is 1.35 bits per heavy atom. The molecule has 0 unspecified atom stereocenters. The molecule has 31 heavy (non-hydrogen) atoms. The average Bonchev–Trinajstić information content (AvgIpc) is 2.75. The van der Waals surface area contributed by atoms with E-state index in [0.717, 1.165) is 36.3 Å². The molecule has 0 bridgehead atoms. The molecule has 0 heterocycles. The molecule has 0 saturated carbocycles. The molecule has 0 aliphatic rings. The zero-order valence-corrected chi connectivity index (χ0v) is 20.7. The molecule has 0 radical (unpaired) electrons. The second kappa shape index (κ2) is 12.9. The minimum absolute atomic E-state index is 0.0407. The van der Waals surface area contributed by atoms with Gasteiger partial charge in [-0.05, 0) is 48.5 Å². The van der Waals surface area contributed by atoms with Crippen LogP contribution in [0.25, 0.3) is 11.1 Å². The highest BCUT2D eigenvalue weighted by molar-refractivity contribution is 5.73. The molecule has 0 saturated heterocycles. The van der Waals surface area contributed by atoms with Crippen molar-refractivity contribution in [3.05, 3.63) is 53.6 Å². The number of rotatable bonds is 13. The third-order valence-electron chi connectivity index (χ3n) is 6.19. The minimum Gasteiger partial charge on any atom is -0.507 e. The highest BCUT2D eigenvalue weighted by atomic mass is 16.3. The summed E-state index contributed by atoms with van der Waals surface area (Å²) in [6.45, 7) is 14.4. The van der Waals surface area contributed by atoms with Crippen LogP contribution in [0.2, 0.25) is 0 Å². The molecule has 0 spiro atoms. The first-order valence-corrected chi connectivity index (χ1v) is 12.5. The second-order valence-electron chi connectivity index (χ2n) is 10.0. The first kappa shape index (κ1) is 25.5. The number of benzene rings is 2. The Hall–Kier alpha value is -1.80. The van der Waals surface area contributed by atoms with Gasteiger partial charge in [0.1, 0.15) is 5.75 Å². The fourth-order valence-electron chi connectivity index (χ4n) is 4.12. The lowest BCUT2D eigenvalue weighted by Crippen LogP contribution is -2.26. The molecule has 2 rings (SSSR count). The zero-order valence-electron chi connectivity index (χ0n) is 20.7. The molecular formula is C29H45NO. The first-order valence-electron chi connectivity index (χ1n) is 12.5. The molecule has 0 aromatic heterocycles. The Bertz CT molecular complexity index is 748. The monoisotopic (exact) mass is 423 g/mol. The van der Waals surface area contributed by atoms with Crippen molar-refractivity contribution in [3.63, 3.8) is 0 Å². The van der Waals surface area contributed by atoms with Crippen LogP contribution in [0.1, 0.15) is 97.1 Å². The van der Waals surface area contributed by atoms with Crippen molar-refractivity contribution < 1.29 is 5.11 Å². The van der Waals surface area contributed by atoms with Gasteiger partial charge in [0, 0.05) is 17.7 Å². The lowest BCUT2D eigenvalue weighted by Gasteiger charge is -2.26. The third-order valence-corrected chi connectivity index (χ3v) is 6.19. The summed E-state index contributed by atoms with van der Waals surface area (Å²) in [5, 5.41) is 11.3. The largest absolute Gasteiger partial charge is 0.507 e. The molecule has 0 atom stereocenters. The number of hydrogen-bond acceptors (Lipinski definition) is 2. The average molecular weight is 424 g/mol. The molecule has 2 heteroatoms. The van der Waals surface area contributed by atoms with Gasteiger partial charge in [-0.15, -0.1) is 0 Å². The van der Waals surface area contributed by atoms with Crippen LogP contribution in [-0.4, -0.2) is 23.1 Å². The third kappa shape index (κ3) is 8.33. The summed E-state index contributed by atoms with van der Waals surface area (Å²) in [4.78, 5) is 2.57. The van der Waals surface area contributed by atoms with Gasteiger partial charge in [-0.2, -0.15) is 0 Å². The maximum Gasteiger partial charge on any atom is 0.127 e. The number of phenols is 1. The van der Waals surface area contributed by atoms with Gasteiger partial charge in [-0.1, -0.05) is 110 Å². The van der Waals surface area contributed by atoms with E-state index in [2.05, 4.69) is 63.8 Å². The summed E-state index contributed by atoms with van der Waals surface area (Å²) in [5.41, 5.74) is 4.44. The Morgan fingerprint density at radius 1 is 0.774 bits per heavy atom. The van der Waals surface area contributed by atoms with E-state index >= 15 is 0 Å². The highest BCUT2D eigenvalue weighted by Gasteiger charge is 2.20. The molecule has 2 nitrogen and oxygen atoms in total. The van der Waals surface area contributed by atoms with Crippen molar-refractivity contribution in [2.45, 2.75) is 97.9 Å². The normalized spacial score (nSPS) is 11.9. The Balaban J connectivity index is 2.30. The van der Waals surface area contributed by atoms with Crippen molar-refractivity contribution in [1.29, 1.82) is 0 Å². The standard InChI is InChI=1S/C29H45NO/c1-6-8-10-15-19-30(20-16-11-9-7-2)23-25-21-26(29(3,4)5)22-27(28(25)31)24-17-13-12-14-18-24/h12-14,17-18,21-22,31H,6-11,15-16,19-20,23H2,1-5H3. The molecule has 2 aromatic carbocycles. The van der Waals surface area contributed by atoms with Gasteiger partial charge >= 0.3 is 0 Å². The van der Waals surface area contributed by atoms with E-state index in [4.69, 9.17) is 0 Å². The molecular weight excluding hydrogens is 378 g/mol. The summed E-state index contributed by atoms with van der Waals surface area (Å²) < 4.78 is 0. The van der Waals surface area contributed by atoms with Crippen LogP contribution >= 0.6 is 0 Å².